The third kappa shape index (κ3) is 1.68. The van der Waals surface area contributed by atoms with Gasteiger partial charge in [-0.3, -0.25) is 0 Å². The third-order valence-corrected chi connectivity index (χ3v) is 3.01. The Bertz CT molecular complexity index is 688. The maximum Gasteiger partial charge on any atom is 0.222 e. The van der Waals surface area contributed by atoms with Gasteiger partial charge in [-0.1, -0.05) is 12.1 Å². The number of halogens is 1. The Morgan fingerprint density at radius 1 is 1.18 bits per heavy atom. The lowest BCUT2D eigenvalue weighted by molar-refractivity contribution is 0.969. The van der Waals surface area contributed by atoms with E-state index in [-0.39, 0.29) is 5.28 Å². The Morgan fingerprint density at radius 3 is 2.88 bits per heavy atom. The molecule has 17 heavy (non-hydrogen) atoms. The van der Waals surface area contributed by atoms with E-state index in [2.05, 4.69) is 26.7 Å². The quantitative estimate of drug-likeness (QED) is 0.614. The molecule has 0 aliphatic heterocycles. The fourth-order valence-corrected chi connectivity index (χ4v) is 2.16. The van der Waals surface area contributed by atoms with Gasteiger partial charge in [-0.05, 0) is 29.8 Å². The van der Waals surface area contributed by atoms with Gasteiger partial charge in [0.15, 0.2) is 0 Å². The van der Waals surface area contributed by atoms with Gasteiger partial charge in [0.1, 0.15) is 0 Å². The number of nitrogens with zero attached hydrogens (tertiary/aromatic N) is 3. The lowest BCUT2D eigenvalue weighted by Crippen LogP contribution is -1.88. The monoisotopic (exact) mass is 243 g/mol. The summed E-state index contributed by atoms with van der Waals surface area (Å²) < 4.78 is 2.08. The Morgan fingerprint density at radius 2 is 2.06 bits per heavy atom. The minimum Gasteiger partial charge on any atom is -0.351 e. The van der Waals surface area contributed by atoms with E-state index in [4.69, 9.17) is 11.6 Å². The topological polar surface area (TPSA) is 30.7 Å². The number of hydrogen-bond acceptors (Lipinski definition) is 2. The minimum atomic E-state index is 0.274. The summed E-state index contributed by atoms with van der Waals surface area (Å²) in [6.45, 7) is 0. The second-order valence-electron chi connectivity index (χ2n) is 3.88. The van der Waals surface area contributed by atoms with E-state index in [9.17, 15) is 0 Å². The zero-order chi connectivity index (χ0) is 11.8. The smallest absolute Gasteiger partial charge is 0.222 e. The molecular formula is C13H10ClN3. The van der Waals surface area contributed by atoms with Crippen LogP contribution in [0.4, 0.5) is 0 Å². The second kappa shape index (κ2) is 3.86. The SMILES string of the molecule is Cn1ccc2c(-c3ccnc(Cl)n3)cccc21. The second-order valence-corrected chi connectivity index (χ2v) is 4.21. The predicted octanol–water partition coefficient (Wildman–Crippen LogP) is 3.29. The van der Waals surface area contributed by atoms with Crippen LogP contribution in [0.25, 0.3) is 22.2 Å². The molecular weight excluding hydrogens is 234 g/mol. The van der Waals surface area contributed by atoms with E-state index < -0.39 is 0 Å². The zero-order valence-electron chi connectivity index (χ0n) is 9.26. The van der Waals surface area contributed by atoms with Crippen LogP contribution in [-0.4, -0.2) is 14.5 Å². The predicted molar refractivity (Wildman–Crippen MR) is 69.0 cm³/mol. The molecule has 2 heterocycles. The number of hydrogen-bond donors (Lipinski definition) is 0. The van der Waals surface area contributed by atoms with Crippen molar-refractivity contribution in [3.8, 4) is 11.3 Å². The molecule has 0 bridgehead atoms. The molecule has 0 aliphatic rings. The fourth-order valence-electron chi connectivity index (χ4n) is 2.01. The fraction of sp³-hybridized carbons (Fsp3) is 0.0769. The summed E-state index contributed by atoms with van der Waals surface area (Å²) in [7, 11) is 2.03. The van der Waals surface area contributed by atoms with E-state index in [1.54, 1.807) is 6.20 Å². The molecule has 0 N–H and O–H groups in total. The molecule has 0 saturated heterocycles. The van der Waals surface area contributed by atoms with Gasteiger partial charge in [0, 0.05) is 35.9 Å². The van der Waals surface area contributed by atoms with E-state index in [0.29, 0.717) is 0 Å². The van der Waals surface area contributed by atoms with Crippen molar-refractivity contribution in [2.24, 2.45) is 7.05 Å². The van der Waals surface area contributed by atoms with Crippen LogP contribution in [-0.2, 0) is 7.05 Å². The number of fused-ring (bicyclic) bond motifs is 1. The van der Waals surface area contributed by atoms with Crippen molar-refractivity contribution in [2.75, 3.05) is 0 Å². The van der Waals surface area contributed by atoms with E-state index in [1.165, 1.54) is 10.9 Å². The van der Waals surface area contributed by atoms with Gasteiger partial charge in [-0.2, -0.15) is 0 Å². The normalized spacial score (nSPS) is 10.9. The van der Waals surface area contributed by atoms with Crippen molar-refractivity contribution in [1.29, 1.82) is 0 Å². The van der Waals surface area contributed by atoms with Gasteiger partial charge in [0.25, 0.3) is 0 Å². The van der Waals surface area contributed by atoms with Gasteiger partial charge >= 0.3 is 0 Å². The molecule has 0 aliphatic carbocycles. The minimum absolute atomic E-state index is 0.274. The van der Waals surface area contributed by atoms with Gasteiger partial charge in [0.05, 0.1) is 5.69 Å². The summed E-state index contributed by atoms with van der Waals surface area (Å²) in [5.41, 5.74) is 3.10. The molecule has 84 valence electrons. The number of rotatable bonds is 1. The molecule has 0 unspecified atom stereocenters. The van der Waals surface area contributed by atoms with Crippen LogP contribution in [0, 0.1) is 0 Å². The van der Waals surface area contributed by atoms with Crippen molar-refractivity contribution in [3.63, 3.8) is 0 Å². The van der Waals surface area contributed by atoms with Crippen LogP contribution >= 0.6 is 11.6 Å². The highest BCUT2D eigenvalue weighted by atomic mass is 35.5. The lowest BCUT2D eigenvalue weighted by atomic mass is 10.1. The number of aromatic nitrogens is 3. The summed E-state index contributed by atoms with van der Waals surface area (Å²) in [5.74, 6) is 0. The Hall–Kier alpha value is -1.87. The first-order chi connectivity index (χ1) is 8.25. The molecule has 0 radical (unpaired) electrons. The summed E-state index contributed by atoms with van der Waals surface area (Å²) in [5, 5.41) is 1.44. The van der Waals surface area contributed by atoms with Gasteiger partial charge in [-0.25, -0.2) is 9.97 Å². The molecule has 0 atom stereocenters. The molecule has 3 nitrogen and oxygen atoms in total. The van der Waals surface area contributed by atoms with E-state index in [1.807, 2.05) is 31.4 Å². The first-order valence-electron chi connectivity index (χ1n) is 5.29. The molecule has 2 aromatic heterocycles. The van der Waals surface area contributed by atoms with Crippen LogP contribution in [0.15, 0.2) is 42.7 Å². The molecule has 0 fully saturated rings. The number of benzene rings is 1. The van der Waals surface area contributed by atoms with Crippen LogP contribution in [0.2, 0.25) is 5.28 Å². The average Bonchev–Trinajstić information content (AvgIpc) is 2.71. The highest BCUT2D eigenvalue weighted by molar-refractivity contribution is 6.28. The largest absolute Gasteiger partial charge is 0.351 e. The Labute approximate surface area is 104 Å². The first kappa shape index (κ1) is 10.3. The standard InChI is InChI=1S/C13H10ClN3/c1-17-8-6-10-9(3-2-4-12(10)17)11-5-7-15-13(14)16-11/h2-8H,1H3. The van der Waals surface area contributed by atoms with Crippen LogP contribution in [0.3, 0.4) is 0 Å². The van der Waals surface area contributed by atoms with Gasteiger partial charge < -0.3 is 4.57 Å². The van der Waals surface area contributed by atoms with E-state index >= 15 is 0 Å². The molecule has 3 rings (SSSR count). The third-order valence-electron chi connectivity index (χ3n) is 2.83. The van der Waals surface area contributed by atoms with Crippen LogP contribution < -0.4 is 0 Å². The summed E-state index contributed by atoms with van der Waals surface area (Å²) in [4.78, 5) is 8.15. The molecule has 0 amide bonds. The maximum absolute atomic E-state index is 5.82. The first-order valence-corrected chi connectivity index (χ1v) is 5.66. The van der Waals surface area contributed by atoms with E-state index in [0.717, 1.165) is 11.3 Å². The maximum atomic E-state index is 5.82. The lowest BCUT2D eigenvalue weighted by Gasteiger charge is -2.03. The summed E-state index contributed by atoms with van der Waals surface area (Å²) in [6.07, 6.45) is 3.71. The van der Waals surface area contributed by atoms with Crippen LogP contribution in [0.1, 0.15) is 0 Å². The average molecular weight is 244 g/mol. The van der Waals surface area contributed by atoms with Crippen LogP contribution in [0.5, 0.6) is 0 Å². The Kier molecular flexibility index (Phi) is 2.34. The van der Waals surface area contributed by atoms with Gasteiger partial charge in [-0.15, -0.1) is 0 Å². The highest BCUT2D eigenvalue weighted by Gasteiger charge is 2.07. The molecule has 1 aromatic carbocycles. The van der Waals surface area contributed by atoms with Crippen molar-refractivity contribution in [2.45, 2.75) is 0 Å². The van der Waals surface area contributed by atoms with Crippen molar-refractivity contribution in [1.82, 2.24) is 14.5 Å². The van der Waals surface area contributed by atoms with Crippen molar-refractivity contribution in [3.05, 3.63) is 48.0 Å². The molecule has 4 heteroatoms. The zero-order valence-corrected chi connectivity index (χ0v) is 10.0. The molecule has 0 saturated carbocycles. The highest BCUT2D eigenvalue weighted by Crippen LogP contribution is 2.27. The summed E-state index contributed by atoms with van der Waals surface area (Å²) in [6, 6.07) is 10.1. The van der Waals surface area contributed by atoms with Gasteiger partial charge in [0.2, 0.25) is 5.28 Å². The van der Waals surface area contributed by atoms with Crippen molar-refractivity contribution < 1.29 is 0 Å². The summed E-state index contributed by atoms with van der Waals surface area (Å²) >= 11 is 5.82. The Balaban J connectivity index is 2.30. The number of aryl methyl sites for hydroxylation is 1. The molecule has 0 spiro atoms. The van der Waals surface area contributed by atoms with Crippen molar-refractivity contribution >= 4 is 22.5 Å². The molecule has 3 aromatic rings.